The number of nitrogens with two attached hydrogens (primary N) is 1. The van der Waals surface area contributed by atoms with E-state index in [0.717, 1.165) is 26.6 Å². The zero-order chi connectivity index (χ0) is 16.8. The van der Waals surface area contributed by atoms with Crippen LogP contribution in [0.4, 0.5) is 5.95 Å². The van der Waals surface area contributed by atoms with Crippen LogP contribution in [0.5, 0.6) is 0 Å². The highest BCUT2D eigenvalue weighted by Crippen LogP contribution is 2.21. The van der Waals surface area contributed by atoms with Gasteiger partial charge in [-0.25, -0.2) is 4.98 Å². The molecule has 3 rings (SSSR count). The standard InChI is InChI=1S/C15H14BrN3O.HNO2/c16-12-4-1-10(2-5-12)8-19-14-6-3-11(9-20)7-13(14)18-15(19)17;2-1-3/h1-7,20H,8-9H2,(H2,17,18);(H,2,3). The van der Waals surface area contributed by atoms with E-state index in [1.54, 1.807) is 0 Å². The van der Waals surface area contributed by atoms with Crippen LogP contribution in [0.3, 0.4) is 0 Å². The smallest absolute Gasteiger partial charge is 0.201 e. The van der Waals surface area contributed by atoms with Gasteiger partial charge in [0.2, 0.25) is 5.95 Å². The van der Waals surface area contributed by atoms with Crippen molar-refractivity contribution in [3.05, 3.63) is 63.0 Å². The highest BCUT2D eigenvalue weighted by Gasteiger charge is 2.09. The molecule has 0 atom stereocenters. The van der Waals surface area contributed by atoms with E-state index in [-0.39, 0.29) is 6.61 Å². The van der Waals surface area contributed by atoms with Gasteiger partial charge in [-0.1, -0.05) is 34.1 Å². The second-order valence-corrected chi connectivity index (χ2v) is 5.66. The average Bonchev–Trinajstić information content (AvgIpc) is 2.85. The molecule has 0 fully saturated rings. The number of anilines is 1. The lowest BCUT2D eigenvalue weighted by Crippen LogP contribution is -2.04. The number of aromatic nitrogens is 2. The molecule has 1 aromatic heterocycles. The first-order valence-electron chi connectivity index (χ1n) is 6.65. The number of aliphatic hydroxyl groups excluding tert-OH is 1. The van der Waals surface area contributed by atoms with Gasteiger partial charge in [0, 0.05) is 4.47 Å². The van der Waals surface area contributed by atoms with Crippen LogP contribution in [0.25, 0.3) is 11.0 Å². The van der Waals surface area contributed by atoms with Crippen molar-refractivity contribution in [3.63, 3.8) is 0 Å². The summed E-state index contributed by atoms with van der Waals surface area (Å²) in [6.45, 7) is 0.684. The minimum atomic E-state index is 0.00934. The number of nitrogen functional groups attached to an aromatic ring is 1. The highest BCUT2D eigenvalue weighted by molar-refractivity contribution is 9.10. The SMILES string of the molecule is Nc1nc2cc(CO)ccc2n1Cc1ccc(Br)cc1.O=NO. The lowest BCUT2D eigenvalue weighted by molar-refractivity contribution is 0.282. The summed E-state index contributed by atoms with van der Waals surface area (Å²) in [5, 5.41) is 17.1. The van der Waals surface area contributed by atoms with Gasteiger partial charge in [-0.05, 0) is 35.4 Å². The summed E-state index contributed by atoms with van der Waals surface area (Å²) < 4.78 is 3.03. The molecule has 0 unspecified atom stereocenters. The van der Waals surface area contributed by atoms with E-state index in [1.165, 1.54) is 5.34 Å². The Hall–Kier alpha value is -2.45. The van der Waals surface area contributed by atoms with Crippen LogP contribution in [-0.4, -0.2) is 19.9 Å². The fourth-order valence-corrected chi connectivity index (χ4v) is 2.50. The average molecular weight is 379 g/mol. The van der Waals surface area contributed by atoms with Gasteiger partial charge in [-0.15, -0.1) is 4.91 Å². The monoisotopic (exact) mass is 378 g/mol. The molecular formula is C15H15BrN4O3. The maximum Gasteiger partial charge on any atom is 0.201 e. The Balaban J connectivity index is 0.000000595. The summed E-state index contributed by atoms with van der Waals surface area (Å²) in [5.41, 5.74) is 9.79. The number of hydrogen-bond donors (Lipinski definition) is 3. The van der Waals surface area contributed by atoms with Gasteiger partial charge in [0.1, 0.15) is 0 Å². The summed E-state index contributed by atoms with van der Waals surface area (Å²) >= 11 is 3.43. The second-order valence-electron chi connectivity index (χ2n) is 4.75. The van der Waals surface area contributed by atoms with Crippen molar-refractivity contribution in [3.8, 4) is 0 Å². The van der Waals surface area contributed by atoms with Gasteiger partial charge in [-0.3, -0.25) is 0 Å². The predicted octanol–water partition coefficient (Wildman–Crippen LogP) is 3.06. The van der Waals surface area contributed by atoms with Crippen LogP contribution < -0.4 is 5.73 Å². The molecule has 0 aliphatic carbocycles. The maximum atomic E-state index is 9.16. The van der Waals surface area contributed by atoms with E-state index in [0.29, 0.717) is 12.5 Å². The summed E-state index contributed by atoms with van der Waals surface area (Å²) in [7, 11) is 0. The third-order valence-electron chi connectivity index (χ3n) is 3.28. The summed E-state index contributed by atoms with van der Waals surface area (Å²) in [6.07, 6.45) is 0. The van der Waals surface area contributed by atoms with E-state index in [9.17, 15) is 0 Å². The number of rotatable bonds is 3. The minimum Gasteiger partial charge on any atom is -0.392 e. The fourth-order valence-electron chi connectivity index (χ4n) is 2.23. The molecule has 23 heavy (non-hydrogen) atoms. The molecule has 0 amide bonds. The van der Waals surface area contributed by atoms with E-state index in [2.05, 4.69) is 33.0 Å². The quantitative estimate of drug-likeness (QED) is 0.478. The minimum absolute atomic E-state index is 0.00934. The van der Waals surface area contributed by atoms with Gasteiger partial charge in [0.05, 0.1) is 24.2 Å². The fraction of sp³-hybridized carbons (Fsp3) is 0.133. The van der Waals surface area contributed by atoms with E-state index in [4.69, 9.17) is 21.0 Å². The summed E-state index contributed by atoms with van der Waals surface area (Å²) in [4.78, 5) is 12.5. The van der Waals surface area contributed by atoms with Crippen LogP contribution in [0.1, 0.15) is 11.1 Å². The topological polar surface area (TPSA) is 114 Å². The van der Waals surface area contributed by atoms with Crippen molar-refractivity contribution in [1.29, 1.82) is 0 Å². The molecule has 3 aromatic rings. The van der Waals surface area contributed by atoms with Gasteiger partial charge < -0.3 is 20.6 Å². The molecule has 0 saturated carbocycles. The third-order valence-corrected chi connectivity index (χ3v) is 3.81. The Morgan fingerprint density at radius 2 is 1.78 bits per heavy atom. The largest absolute Gasteiger partial charge is 0.392 e. The lowest BCUT2D eigenvalue weighted by atomic mass is 10.2. The Bertz CT molecular complexity index is 802. The van der Waals surface area contributed by atoms with Crippen LogP contribution >= 0.6 is 15.9 Å². The zero-order valence-corrected chi connectivity index (χ0v) is 13.6. The zero-order valence-electron chi connectivity index (χ0n) is 12.1. The maximum absolute atomic E-state index is 9.16. The number of imidazole rings is 1. The van der Waals surface area contributed by atoms with Crippen LogP contribution in [0, 0.1) is 4.91 Å². The summed E-state index contributed by atoms with van der Waals surface area (Å²) in [6, 6.07) is 13.8. The van der Waals surface area contributed by atoms with Gasteiger partial charge in [-0.2, -0.15) is 0 Å². The molecule has 0 radical (unpaired) electrons. The van der Waals surface area contributed by atoms with Gasteiger partial charge >= 0.3 is 0 Å². The van der Waals surface area contributed by atoms with Crippen LogP contribution in [0.2, 0.25) is 0 Å². The normalized spacial score (nSPS) is 10.2. The molecule has 8 heteroatoms. The van der Waals surface area contributed by atoms with Crippen LogP contribution in [-0.2, 0) is 13.2 Å². The van der Waals surface area contributed by atoms with Gasteiger partial charge in [0.15, 0.2) is 5.34 Å². The van der Waals surface area contributed by atoms with E-state index >= 15 is 0 Å². The lowest BCUT2D eigenvalue weighted by Gasteiger charge is -2.07. The predicted molar refractivity (Wildman–Crippen MR) is 90.9 cm³/mol. The van der Waals surface area contributed by atoms with Crippen LogP contribution in [0.15, 0.2) is 52.3 Å². The van der Waals surface area contributed by atoms with Crippen molar-refractivity contribution in [2.45, 2.75) is 13.2 Å². The molecular weight excluding hydrogens is 364 g/mol. The van der Waals surface area contributed by atoms with Crippen molar-refractivity contribution in [2.75, 3.05) is 5.73 Å². The number of nitrogens with zero attached hydrogens (tertiary/aromatic N) is 3. The first-order chi connectivity index (χ1) is 11.1. The number of hydrogen-bond acceptors (Lipinski definition) is 5. The molecule has 4 N–H and O–H groups in total. The third kappa shape index (κ3) is 4.05. The van der Waals surface area contributed by atoms with Crippen molar-refractivity contribution in [1.82, 2.24) is 9.55 Å². The molecule has 120 valence electrons. The molecule has 0 aliphatic rings. The molecule has 0 saturated heterocycles. The molecule has 1 heterocycles. The molecule has 0 bridgehead atoms. The second kappa shape index (κ2) is 7.70. The molecule has 2 aromatic carbocycles. The molecule has 0 aliphatic heterocycles. The molecule has 7 nitrogen and oxygen atoms in total. The Labute approximate surface area is 140 Å². The Kier molecular flexibility index (Phi) is 5.67. The van der Waals surface area contributed by atoms with Crippen molar-refractivity contribution >= 4 is 32.9 Å². The summed E-state index contributed by atoms with van der Waals surface area (Å²) in [5.74, 6) is 0.484. The Morgan fingerprint density at radius 3 is 2.39 bits per heavy atom. The van der Waals surface area contributed by atoms with Gasteiger partial charge in [0.25, 0.3) is 0 Å². The van der Waals surface area contributed by atoms with Crippen molar-refractivity contribution < 1.29 is 10.3 Å². The van der Waals surface area contributed by atoms with Crippen molar-refractivity contribution in [2.24, 2.45) is 5.34 Å². The number of aliphatic hydroxyl groups is 1. The first kappa shape index (κ1) is 16.9. The highest BCUT2D eigenvalue weighted by atomic mass is 79.9. The molecule has 0 spiro atoms. The van der Waals surface area contributed by atoms with E-state index < -0.39 is 0 Å². The Morgan fingerprint density at radius 1 is 1.17 bits per heavy atom. The number of halogens is 1. The number of benzene rings is 2. The first-order valence-corrected chi connectivity index (χ1v) is 7.45. The van der Waals surface area contributed by atoms with E-state index in [1.807, 2.05) is 34.9 Å². The number of fused-ring (bicyclic) bond motifs is 1.